The molecule has 0 amide bonds. The molecule has 0 radical (unpaired) electrons. The Labute approximate surface area is 121 Å². The maximum Gasteiger partial charge on any atom is 0.458 e. The van der Waals surface area contributed by atoms with Crippen molar-refractivity contribution in [2.45, 2.75) is 58.1 Å². The van der Waals surface area contributed by atoms with E-state index in [9.17, 15) is 0 Å². The first-order valence-electron chi connectivity index (χ1n) is 7.38. The fourth-order valence-electron chi connectivity index (χ4n) is 2.96. The van der Waals surface area contributed by atoms with Gasteiger partial charge >= 0.3 is 7.12 Å². The van der Waals surface area contributed by atoms with Crippen LogP contribution in [0, 0.1) is 6.92 Å². The van der Waals surface area contributed by atoms with Gasteiger partial charge in [0.05, 0.1) is 17.8 Å². The molecule has 1 aromatic carbocycles. The van der Waals surface area contributed by atoms with E-state index in [1.165, 1.54) is 11.1 Å². The SMILES string of the molecule is Cc1cccc2c1OCC2CB1OC(C)(C)C(C)(C)O1. The average Bonchev–Trinajstić information content (AvgIpc) is 2.80. The summed E-state index contributed by atoms with van der Waals surface area (Å²) in [5, 5.41) is 0. The van der Waals surface area contributed by atoms with Gasteiger partial charge in [-0.1, -0.05) is 18.2 Å². The molecule has 0 aromatic heterocycles. The Morgan fingerprint density at radius 1 is 1.15 bits per heavy atom. The Morgan fingerprint density at radius 2 is 1.80 bits per heavy atom. The smallest absolute Gasteiger partial charge is 0.458 e. The quantitative estimate of drug-likeness (QED) is 0.772. The molecule has 0 aliphatic carbocycles. The van der Waals surface area contributed by atoms with E-state index in [2.05, 4.69) is 52.8 Å². The molecule has 108 valence electrons. The van der Waals surface area contributed by atoms with E-state index in [4.69, 9.17) is 14.0 Å². The summed E-state index contributed by atoms with van der Waals surface area (Å²) in [4.78, 5) is 0. The van der Waals surface area contributed by atoms with Crippen molar-refractivity contribution in [3.63, 3.8) is 0 Å². The summed E-state index contributed by atoms with van der Waals surface area (Å²) in [6, 6.07) is 6.35. The Hall–Kier alpha value is -0.995. The van der Waals surface area contributed by atoms with Crippen molar-refractivity contribution in [3.05, 3.63) is 29.3 Å². The predicted octanol–water partition coefficient (Wildman–Crippen LogP) is 3.56. The minimum absolute atomic E-state index is 0.153. The van der Waals surface area contributed by atoms with E-state index >= 15 is 0 Å². The largest absolute Gasteiger partial charge is 0.492 e. The monoisotopic (exact) mass is 274 g/mol. The van der Waals surface area contributed by atoms with Gasteiger partial charge in [0.2, 0.25) is 0 Å². The lowest BCUT2D eigenvalue weighted by atomic mass is 9.75. The highest BCUT2D eigenvalue weighted by atomic mass is 16.7. The number of para-hydroxylation sites is 1. The second kappa shape index (κ2) is 4.50. The van der Waals surface area contributed by atoms with Gasteiger partial charge in [-0.15, -0.1) is 0 Å². The Balaban J connectivity index is 1.75. The van der Waals surface area contributed by atoms with Gasteiger partial charge in [0.15, 0.2) is 0 Å². The van der Waals surface area contributed by atoms with Gasteiger partial charge in [-0.25, -0.2) is 0 Å². The highest BCUT2D eigenvalue weighted by molar-refractivity contribution is 6.45. The Morgan fingerprint density at radius 3 is 2.45 bits per heavy atom. The minimum Gasteiger partial charge on any atom is -0.492 e. The zero-order valence-electron chi connectivity index (χ0n) is 13.0. The van der Waals surface area contributed by atoms with Crippen molar-refractivity contribution >= 4 is 7.12 Å². The summed E-state index contributed by atoms with van der Waals surface area (Å²) >= 11 is 0. The molecule has 2 aliphatic rings. The van der Waals surface area contributed by atoms with E-state index in [1.54, 1.807) is 0 Å². The van der Waals surface area contributed by atoms with Crippen LogP contribution in [0.15, 0.2) is 18.2 Å². The second-order valence-corrected chi connectivity index (χ2v) is 6.92. The van der Waals surface area contributed by atoms with Gasteiger partial charge in [-0.2, -0.15) is 0 Å². The van der Waals surface area contributed by atoms with Crippen LogP contribution in [-0.2, 0) is 9.31 Å². The molecule has 4 heteroatoms. The van der Waals surface area contributed by atoms with Crippen LogP contribution in [0.2, 0.25) is 6.32 Å². The van der Waals surface area contributed by atoms with Crippen LogP contribution in [0.5, 0.6) is 5.75 Å². The first-order valence-corrected chi connectivity index (χ1v) is 7.38. The van der Waals surface area contributed by atoms with Gasteiger partial charge in [-0.3, -0.25) is 0 Å². The summed E-state index contributed by atoms with van der Waals surface area (Å²) < 4.78 is 18.0. The zero-order chi connectivity index (χ0) is 14.5. The summed E-state index contributed by atoms with van der Waals surface area (Å²) in [7, 11) is -0.153. The van der Waals surface area contributed by atoms with Crippen LogP contribution >= 0.6 is 0 Å². The number of hydrogen-bond donors (Lipinski definition) is 0. The summed E-state index contributed by atoms with van der Waals surface area (Å²) in [5.74, 6) is 1.41. The number of rotatable bonds is 2. The maximum atomic E-state index is 6.09. The third kappa shape index (κ3) is 2.15. The van der Waals surface area contributed by atoms with E-state index < -0.39 is 0 Å². The summed E-state index contributed by atoms with van der Waals surface area (Å²) in [5.41, 5.74) is 1.98. The van der Waals surface area contributed by atoms with Crippen LogP contribution in [0.25, 0.3) is 0 Å². The first kappa shape index (κ1) is 14.0. The molecule has 20 heavy (non-hydrogen) atoms. The number of benzene rings is 1. The minimum atomic E-state index is -0.257. The van der Waals surface area contributed by atoms with Crippen LogP contribution in [-0.4, -0.2) is 24.9 Å². The van der Waals surface area contributed by atoms with E-state index in [1.807, 2.05) is 0 Å². The lowest BCUT2D eigenvalue weighted by Crippen LogP contribution is -2.41. The fourth-order valence-corrected chi connectivity index (χ4v) is 2.96. The van der Waals surface area contributed by atoms with E-state index in [-0.39, 0.29) is 18.3 Å². The molecule has 0 N–H and O–H groups in total. The van der Waals surface area contributed by atoms with Gasteiger partial charge in [0.25, 0.3) is 0 Å². The van der Waals surface area contributed by atoms with Crippen molar-refractivity contribution < 1.29 is 14.0 Å². The molecule has 2 aliphatic heterocycles. The first-order chi connectivity index (χ1) is 9.30. The van der Waals surface area contributed by atoms with Crippen molar-refractivity contribution in [3.8, 4) is 5.75 Å². The zero-order valence-corrected chi connectivity index (χ0v) is 13.0. The standard InChI is InChI=1S/C16H23BO3/c1-11-7-6-8-13-12(10-18-14(11)13)9-17-19-15(2,3)16(4,5)20-17/h6-8,12H,9-10H2,1-5H3. The molecule has 0 saturated carbocycles. The van der Waals surface area contributed by atoms with E-state index in [0.717, 1.165) is 18.7 Å². The lowest BCUT2D eigenvalue weighted by Gasteiger charge is -2.32. The number of aryl methyl sites for hydroxylation is 1. The summed E-state index contributed by atoms with van der Waals surface area (Å²) in [6.45, 7) is 11.2. The lowest BCUT2D eigenvalue weighted by molar-refractivity contribution is 0.00578. The predicted molar refractivity (Wildman–Crippen MR) is 80.3 cm³/mol. The maximum absolute atomic E-state index is 6.09. The highest BCUT2D eigenvalue weighted by Crippen LogP contribution is 2.43. The van der Waals surface area contributed by atoms with Gasteiger partial charge in [-0.05, 0) is 46.5 Å². The van der Waals surface area contributed by atoms with Crippen LogP contribution in [0.1, 0.15) is 44.7 Å². The van der Waals surface area contributed by atoms with Gasteiger partial charge < -0.3 is 14.0 Å². The molecule has 1 fully saturated rings. The third-order valence-electron chi connectivity index (χ3n) is 4.89. The van der Waals surface area contributed by atoms with Crippen LogP contribution in [0.3, 0.4) is 0 Å². The average molecular weight is 274 g/mol. The number of ether oxygens (including phenoxy) is 1. The normalized spacial score (nSPS) is 26.4. The number of hydrogen-bond acceptors (Lipinski definition) is 3. The molecule has 2 heterocycles. The fraction of sp³-hybridized carbons (Fsp3) is 0.625. The molecule has 1 unspecified atom stereocenters. The van der Waals surface area contributed by atoms with Crippen molar-refractivity contribution in [2.24, 2.45) is 0 Å². The highest BCUT2D eigenvalue weighted by Gasteiger charge is 2.51. The van der Waals surface area contributed by atoms with Gasteiger partial charge in [0, 0.05) is 11.5 Å². The molecule has 1 saturated heterocycles. The molecule has 0 spiro atoms. The number of fused-ring (bicyclic) bond motifs is 1. The summed E-state index contributed by atoms with van der Waals surface area (Å²) in [6.07, 6.45) is 0.851. The van der Waals surface area contributed by atoms with E-state index in [0.29, 0.717) is 5.92 Å². The van der Waals surface area contributed by atoms with Crippen molar-refractivity contribution in [2.75, 3.05) is 6.61 Å². The Kier molecular flexibility index (Phi) is 3.14. The van der Waals surface area contributed by atoms with Crippen molar-refractivity contribution in [1.82, 2.24) is 0 Å². The Bertz CT molecular complexity index is 508. The molecule has 1 aromatic rings. The molecule has 0 bridgehead atoms. The van der Waals surface area contributed by atoms with Crippen LogP contribution in [0.4, 0.5) is 0 Å². The molecule has 3 nitrogen and oxygen atoms in total. The molecule has 1 atom stereocenters. The third-order valence-corrected chi connectivity index (χ3v) is 4.89. The molecular weight excluding hydrogens is 251 g/mol. The topological polar surface area (TPSA) is 27.7 Å². The second-order valence-electron chi connectivity index (χ2n) is 6.92. The molecular formula is C16H23BO3. The van der Waals surface area contributed by atoms with Crippen LogP contribution < -0.4 is 4.74 Å². The van der Waals surface area contributed by atoms with Gasteiger partial charge in [0.1, 0.15) is 5.75 Å². The molecule has 3 rings (SSSR count). The van der Waals surface area contributed by atoms with Crippen molar-refractivity contribution in [1.29, 1.82) is 0 Å².